The summed E-state index contributed by atoms with van der Waals surface area (Å²) in [6, 6.07) is 14.2. The van der Waals surface area contributed by atoms with E-state index in [0.29, 0.717) is 40.5 Å². The Morgan fingerprint density at radius 1 is 1.12 bits per heavy atom. The van der Waals surface area contributed by atoms with Gasteiger partial charge in [-0.05, 0) is 37.1 Å². The fraction of sp³-hybridized carbons (Fsp3) is 0.240. The maximum absolute atomic E-state index is 14.0. The number of allylic oxidation sites excluding steroid dienone is 1. The molecule has 0 bridgehead atoms. The largest absolute Gasteiger partial charge is 0.466 e. The van der Waals surface area contributed by atoms with Crippen molar-refractivity contribution in [2.75, 3.05) is 24.0 Å². The van der Waals surface area contributed by atoms with Crippen molar-refractivity contribution in [1.29, 1.82) is 0 Å². The maximum atomic E-state index is 14.0. The Morgan fingerprint density at radius 2 is 1.88 bits per heavy atom. The van der Waals surface area contributed by atoms with Crippen LogP contribution in [0.2, 0.25) is 5.02 Å². The number of carbonyl (C=O) groups excluding carboxylic acids is 3. The smallest absolute Gasteiger partial charge is 0.339 e. The number of benzene rings is 2. The molecule has 1 spiro atoms. The second-order valence-electron chi connectivity index (χ2n) is 8.30. The first-order chi connectivity index (χ1) is 15.8. The molecule has 0 saturated carbocycles. The molecule has 8 heteroatoms. The lowest BCUT2D eigenvalue weighted by Gasteiger charge is -2.44. The second-order valence-corrected chi connectivity index (χ2v) is 8.73. The molecule has 0 radical (unpaired) electrons. The summed E-state index contributed by atoms with van der Waals surface area (Å²) < 4.78 is 5.13. The van der Waals surface area contributed by atoms with Gasteiger partial charge in [-0.25, -0.2) is 4.79 Å². The normalized spacial score (nSPS) is 22.2. The highest BCUT2D eigenvalue weighted by Gasteiger charge is 2.63. The molecule has 1 aliphatic carbocycles. The third-order valence-electron chi connectivity index (χ3n) is 6.65. The SMILES string of the molecule is COC(=O)C1=C(N)N(c2cccc(Cl)c2)C2=C(C(=O)CCC2)C12C(=O)N(C)c1ccccc12. The molecule has 0 saturated heterocycles. The number of methoxy groups -OCH3 is 1. The predicted octanol–water partition coefficient (Wildman–Crippen LogP) is 3.42. The van der Waals surface area contributed by atoms with Crippen LogP contribution in [0.15, 0.2) is 71.2 Å². The summed E-state index contributed by atoms with van der Waals surface area (Å²) in [6.45, 7) is 0. The number of hydrogen-bond acceptors (Lipinski definition) is 6. The first kappa shape index (κ1) is 21.3. The molecule has 33 heavy (non-hydrogen) atoms. The molecule has 7 nitrogen and oxygen atoms in total. The Hall–Kier alpha value is -3.58. The summed E-state index contributed by atoms with van der Waals surface area (Å²) in [5, 5.41) is 0.478. The highest BCUT2D eigenvalue weighted by atomic mass is 35.5. The Balaban J connectivity index is 1.93. The van der Waals surface area contributed by atoms with Gasteiger partial charge in [0, 0.05) is 46.7 Å². The van der Waals surface area contributed by atoms with Crippen LogP contribution in [0, 0.1) is 0 Å². The maximum Gasteiger partial charge on any atom is 0.339 e. The Labute approximate surface area is 196 Å². The van der Waals surface area contributed by atoms with Crippen LogP contribution >= 0.6 is 11.6 Å². The quantitative estimate of drug-likeness (QED) is 0.686. The lowest BCUT2D eigenvalue weighted by Crippen LogP contribution is -2.54. The fourth-order valence-electron chi connectivity index (χ4n) is 5.36. The summed E-state index contributed by atoms with van der Waals surface area (Å²) in [5.41, 5.74) is 7.65. The van der Waals surface area contributed by atoms with E-state index in [-0.39, 0.29) is 29.2 Å². The van der Waals surface area contributed by atoms with Gasteiger partial charge in [-0.2, -0.15) is 0 Å². The molecule has 0 aromatic heterocycles. The van der Waals surface area contributed by atoms with Crippen LogP contribution in [-0.2, 0) is 24.5 Å². The van der Waals surface area contributed by atoms with Crippen molar-refractivity contribution in [2.24, 2.45) is 5.73 Å². The number of hydrogen-bond donors (Lipinski definition) is 1. The van der Waals surface area contributed by atoms with Crippen molar-refractivity contribution in [2.45, 2.75) is 24.7 Å². The van der Waals surface area contributed by atoms with Crippen molar-refractivity contribution in [3.8, 4) is 0 Å². The number of ketones is 1. The van der Waals surface area contributed by atoms with Gasteiger partial charge in [0.15, 0.2) is 5.78 Å². The monoisotopic (exact) mass is 463 g/mol. The van der Waals surface area contributed by atoms with Gasteiger partial charge in [0.1, 0.15) is 16.8 Å². The van der Waals surface area contributed by atoms with Gasteiger partial charge < -0.3 is 15.4 Å². The van der Waals surface area contributed by atoms with E-state index >= 15 is 0 Å². The van der Waals surface area contributed by atoms with E-state index in [1.54, 1.807) is 54.4 Å². The predicted molar refractivity (Wildman–Crippen MR) is 125 cm³/mol. The van der Waals surface area contributed by atoms with Crippen LogP contribution < -0.4 is 15.5 Å². The number of nitrogens with two attached hydrogens (primary N) is 1. The van der Waals surface area contributed by atoms with Gasteiger partial charge >= 0.3 is 5.97 Å². The van der Waals surface area contributed by atoms with E-state index in [1.165, 1.54) is 12.0 Å². The molecule has 3 aliphatic rings. The van der Waals surface area contributed by atoms with Gasteiger partial charge in [-0.3, -0.25) is 14.5 Å². The molecule has 1 amide bonds. The molecular formula is C25H22ClN3O4. The summed E-state index contributed by atoms with van der Waals surface area (Å²) in [4.78, 5) is 44.0. The van der Waals surface area contributed by atoms with E-state index in [4.69, 9.17) is 22.1 Å². The van der Waals surface area contributed by atoms with Crippen molar-refractivity contribution >= 4 is 40.6 Å². The van der Waals surface area contributed by atoms with Gasteiger partial charge in [0.2, 0.25) is 5.91 Å². The molecule has 2 aromatic carbocycles. The molecule has 1 unspecified atom stereocenters. The lowest BCUT2D eigenvalue weighted by molar-refractivity contribution is -0.138. The number of anilines is 2. The van der Waals surface area contributed by atoms with E-state index < -0.39 is 17.3 Å². The highest BCUT2D eigenvalue weighted by Crippen LogP contribution is 2.56. The number of Topliss-reactive ketones (excluding diaryl/α,β-unsaturated/α-hetero) is 1. The lowest BCUT2D eigenvalue weighted by atomic mass is 9.63. The van der Waals surface area contributed by atoms with E-state index in [1.807, 2.05) is 6.07 Å². The van der Waals surface area contributed by atoms with Crippen LogP contribution in [0.3, 0.4) is 0 Å². The zero-order valence-electron chi connectivity index (χ0n) is 18.2. The van der Waals surface area contributed by atoms with Gasteiger partial charge in [-0.1, -0.05) is 35.9 Å². The minimum Gasteiger partial charge on any atom is -0.466 e. The Morgan fingerprint density at radius 3 is 2.61 bits per heavy atom. The number of halogens is 1. The number of esters is 1. The minimum atomic E-state index is -1.66. The average Bonchev–Trinajstić information content (AvgIpc) is 3.02. The van der Waals surface area contributed by atoms with Crippen LogP contribution in [0.1, 0.15) is 24.8 Å². The Bertz CT molecular complexity index is 1300. The third-order valence-corrected chi connectivity index (χ3v) is 6.89. The number of carbonyl (C=O) groups is 3. The summed E-state index contributed by atoms with van der Waals surface area (Å²) >= 11 is 6.25. The zero-order valence-corrected chi connectivity index (χ0v) is 19.0. The molecule has 2 aliphatic heterocycles. The summed E-state index contributed by atoms with van der Waals surface area (Å²) in [6.07, 6.45) is 1.40. The van der Waals surface area contributed by atoms with Gasteiger partial charge in [-0.15, -0.1) is 0 Å². The van der Waals surface area contributed by atoms with E-state index in [0.717, 1.165) is 0 Å². The number of ether oxygens (including phenoxy) is 1. The number of fused-ring (bicyclic) bond motifs is 3. The fourth-order valence-corrected chi connectivity index (χ4v) is 5.55. The third kappa shape index (κ3) is 2.72. The zero-order chi connectivity index (χ0) is 23.5. The molecular weight excluding hydrogens is 442 g/mol. The summed E-state index contributed by atoms with van der Waals surface area (Å²) in [7, 11) is 2.87. The van der Waals surface area contributed by atoms with E-state index in [2.05, 4.69) is 0 Å². The highest BCUT2D eigenvalue weighted by molar-refractivity contribution is 6.31. The molecule has 2 aromatic rings. The van der Waals surface area contributed by atoms with Gasteiger partial charge in [0.25, 0.3) is 0 Å². The van der Waals surface area contributed by atoms with Crippen molar-refractivity contribution in [3.63, 3.8) is 0 Å². The number of para-hydroxylation sites is 1. The summed E-state index contributed by atoms with van der Waals surface area (Å²) in [5.74, 6) is -1.30. The van der Waals surface area contributed by atoms with Crippen LogP contribution in [0.25, 0.3) is 0 Å². The average molecular weight is 464 g/mol. The molecule has 168 valence electrons. The number of nitrogens with zero attached hydrogens (tertiary/aromatic N) is 2. The first-order valence-corrected chi connectivity index (χ1v) is 11.0. The van der Waals surface area contributed by atoms with Crippen LogP contribution in [-0.4, -0.2) is 31.8 Å². The Kier molecular flexibility index (Phi) is 4.83. The molecule has 2 N–H and O–H groups in total. The van der Waals surface area contributed by atoms with E-state index in [9.17, 15) is 14.4 Å². The molecule has 0 fully saturated rings. The number of rotatable bonds is 2. The number of likely N-dealkylation sites (N-methyl/N-ethyl adjacent to an activating group) is 1. The topological polar surface area (TPSA) is 92.9 Å². The molecule has 1 atom stereocenters. The molecule has 2 heterocycles. The standard InChI is InChI=1S/C25H22ClN3O4/c1-28-17-10-4-3-9-16(17)25(24(28)32)20-18(11-6-12-19(20)30)29(15-8-5-7-14(26)13-15)22(27)21(25)23(31)33-2/h3-5,7-10,13H,6,11-12,27H2,1-2H3. The first-order valence-electron chi connectivity index (χ1n) is 10.6. The minimum absolute atomic E-state index is 0.0519. The van der Waals surface area contributed by atoms with Crippen molar-refractivity contribution in [1.82, 2.24) is 0 Å². The van der Waals surface area contributed by atoms with Crippen molar-refractivity contribution < 1.29 is 19.1 Å². The van der Waals surface area contributed by atoms with Crippen LogP contribution in [0.5, 0.6) is 0 Å². The number of amides is 1. The van der Waals surface area contributed by atoms with Crippen LogP contribution in [0.4, 0.5) is 11.4 Å². The van der Waals surface area contributed by atoms with Gasteiger partial charge in [0.05, 0.1) is 7.11 Å². The second kappa shape index (κ2) is 7.49. The molecule has 5 rings (SSSR count). The van der Waals surface area contributed by atoms with Crippen molar-refractivity contribution in [3.05, 3.63) is 81.8 Å².